The van der Waals surface area contributed by atoms with Gasteiger partial charge in [0.1, 0.15) is 0 Å². The van der Waals surface area contributed by atoms with Gasteiger partial charge in [0.25, 0.3) is 0 Å². The van der Waals surface area contributed by atoms with Crippen molar-refractivity contribution in [1.82, 2.24) is 14.9 Å². The summed E-state index contributed by atoms with van der Waals surface area (Å²) in [6.07, 6.45) is 10.3. The first-order valence-electron chi connectivity index (χ1n) is 7.68. The van der Waals surface area contributed by atoms with Crippen molar-refractivity contribution in [3.63, 3.8) is 0 Å². The van der Waals surface area contributed by atoms with Gasteiger partial charge in [-0.1, -0.05) is 25.8 Å². The fourth-order valence-corrected chi connectivity index (χ4v) is 3.98. The van der Waals surface area contributed by atoms with E-state index in [9.17, 15) is 0 Å². The smallest absolute Gasteiger partial charge is 0.0954 e. The lowest BCUT2D eigenvalue weighted by Crippen LogP contribution is -2.29. The van der Waals surface area contributed by atoms with Crippen molar-refractivity contribution in [2.45, 2.75) is 51.1 Å². The van der Waals surface area contributed by atoms with Crippen LogP contribution in [0, 0.1) is 0 Å². The summed E-state index contributed by atoms with van der Waals surface area (Å²) in [6.45, 7) is 3.39. The van der Waals surface area contributed by atoms with Gasteiger partial charge >= 0.3 is 0 Å². The van der Waals surface area contributed by atoms with Gasteiger partial charge in [-0.25, -0.2) is 4.98 Å². The van der Waals surface area contributed by atoms with Crippen molar-refractivity contribution >= 4 is 11.3 Å². The van der Waals surface area contributed by atoms with Crippen molar-refractivity contribution in [2.24, 2.45) is 0 Å². The van der Waals surface area contributed by atoms with E-state index in [1.54, 1.807) is 0 Å². The second-order valence-corrected chi connectivity index (χ2v) is 6.53. The average molecular weight is 289 g/mol. The maximum atomic E-state index is 4.44. The van der Waals surface area contributed by atoms with Crippen molar-refractivity contribution in [3.8, 4) is 0 Å². The third-order valence-corrected chi connectivity index (χ3v) is 5.11. The van der Waals surface area contributed by atoms with Crippen LogP contribution >= 0.6 is 11.3 Å². The highest BCUT2D eigenvalue weighted by Gasteiger charge is 2.23. The molecule has 2 atom stereocenters. The quantitative estimate of drug-likeness (QED) is 0.896. The van der Waals surface area contributed by atoms with Crippen LogP contribution < -0.4 is 5.32 Å². The maximum Gasteiger partial charge on any atom is 0.0954 e. The molecule has 0 aromatic carbocycles. The Balaban J connectivity index is 1.89. The molecule has 3 heterocycles. The number of piperidine rings is 1. The third-order valence-electron chi connectivity index (χ3n) is 4.13. The Morgan fingerprint density at radius 3 is 3.15 bits per heavy atom. The van der Waals surface area contributed by atoms with E-state index in [1.165, 1.54) is 42.7 Å². The first-order valence-corrected chi connectivity index (χ1v) is 8.56. The molecule has 0 radical (unpaired) electrons. The second-order valence-electron chi connectivity index (χ2n) is 5.55. The molecule has 0 spiro atoms. The monoisotopic (exact) mass is 289 g/mol. The molecule has 2 aromatic heterocycles. The number of rotatable bonds is 5. The number of nitrogens with one attached hydrogen (secondary N) is 1. The lowest BCUT2D eigenvalue weighted by atomic mass is 10.0. The molecule has 0 saturated carbocycles. The standard InChI is InChI=1S/C16H23N3S/c1-2-6-14(16-8-5-10-20-16)19-12-17-11-15(19)13-7-3-4-9-18-13/h5,8,10-14,18H,2-4,6-7,9H2,1H3. The average Bonchev–Trinajstić information content (AvgIpc) is 3.17. The first kappa shape index (κ1) is 13.8. The normalized spacial score (nSPS) is 20.9. The van der Waals surface area contributed by atoms with Crippen molar-refractivity contribution in [2.75, 3.05) is 6.54 Å². The summed E-state index contributed by atoms with van der Waals surface area (Å²) in [5, 5.41) is 5.82. The van der Waals surface area contributed by atoms with Crippen molar-refractivity contribution < 1.29 is 0 Å². The summed E-state index contributed by atoms with van der Waals surface area (Å²) in [5.41, 5.74) is 1.36. The highest BCUT2D eigenvalue weighted by atomic mass is 32.1. The Labute approximate surface area is 125 Å². The van der Waals surface area contributed by atoms with E-state index in [-0.39, 0.29) is 0 Å². The minimum absolute atomic E-state index is 0.446. The van der Waals surface area contributed by atoms with Crippen LogP contribution in [-0.4, -0.2) is 16.1 Å². The number of imidazole rings is 1. The largest absolute Gasteiger partial charge is 0.325 e. The van der Waals surface area contributed by atoms with E-state index >= 15 is 0 Å². The van der Waals surface area contributed by atoms with Crippen LogP contribution in [0.1, 0.15) is 61.7 Å². The van der Waals surface area contributed by atoms with Gasteiger partial charge in [0.2, 0.25) is 0 Å². The minimum atomic E-state index is 0.446. The molecule has 2 unspecified atom stereocenters. The second kappa shape index (κ2) is 6.55. The number of hydrogen-bond acceptors (Lipinski definition) is 3. The number of thiophene rings is 1. The molecular formula is C16H23N3S. The molecule has 1 aliphatic heterocycles. The lowest BCUT2D eigenvalue weighted by molar-refractivity contribution is 0.383. The van der Waals surface area contributed by atoms with Gasteiger partial charge < -0.3 is 9.88 Å². The van der Waals surface area contributed by atoms with Crippen LogP contribution in [0.25, 0.3) is 0 Å². The van der Waals surface area contributed by atoms with E-state index in [2.05, 4.69) is 45.5 Å². The first-order chi connectivity index (χ1) is 9.90. The van der Waals surface area contributed by atoms with Crippen LogP contribution in [0.4, 0.5) is 0 Å². The number of hydrogen-bond donors (Lipinski definition) is 1. The molecule has 1 N–H and O–H groups in total. The van der Waals surface area contributed by atoms with Crippen LogP contribution in [0.2, 0.25) is 0 Å². The predicted molar refractivity (Wildman–Crippen MR) is 84.2 cm³/mol. The van der Waals surface area contributed by atoms with E-state index < -0.39 is 0 Å². The van der Waals surface area contributed by atoms with E-state index in [1.807, 2.05) is 17.7 Å². The summed E-state index contributed by atoms with van der Waals surface area (Å²) < 4.78 is 2.40. The molecule has 0 bridgehead atoms. The molecule has 4 heteroatoms. The fourth-order valence-electron chi connectivity index (χ4n) is 3.12. The molecule has 0 amide bonds. The zero-order valence-electron chi connectivity index (χ0n) is 12.1. The van der Waals surface area contributed by atoms with Crippen LogP contribution in [0.3, 0.4) is 0 Å². The van der Waals surface area contributed by atoms with Gasteiger partial charge in [0, 0.05) is 17.1 Å². The predicted octanol–water partition coefficient (Wildman–Crippen LogP) is 4.15. The zero-order valence-corrected chi connectivity index (χ0v) is 12.9. The van der Waals surface area contributed by atoms with Crippen LogP contribution in [0.5, 0.6) is 0 Å². The Morgan fingerprint density at radius 2 is 2.45 bits per heavy atom. The van der Waals surface area contributed by atoms with Gasteiger partial charge in [0.15, 0.2) is 0 Å². The third kappa shape index (κ3) is 2.81. The summed E-state index contributed by atoms with van der Waals surface area (Å²) >= 11 is 1.86. The van der Waals surface area contributed by atoms with Gasteiger partial charge in [-0.2, -0.15) is 0 Å². The van der Waals surface area contributed by atoms with E-state index in [4.69, 9.17) is 0 Å². The van der Waals surface area contributed by atoms with E-state index in [0.717, 1.165) is 6.54 Å². The molecule has 1 aliphatic rings. The topological polar surface area (TPSA) is 29.9 Å². The number of nitrogens with zero attached hydrogens (tertiary/aromatic N) is 2. The highest BCUT2D eigenvalue weighted by Crippen LogP contribution is 2.32. The molecule has 1 saturated heterocycles. The van der Waals surface area contributed by atoms with E-state index in [0.29, 0.717) is 12.1 Å². The van der Waals surface area contributed by atoms with Crippen LogP contribution in [-0.2, 0) is 0 Å². The molecule has 3 nitrogen and oxygen atoms in total. The van der Waals surface area contributed by atoms with Crippen LogP contribution in [0.15, 0.2) is 30.0 Å². The van der Waals surface area contributed by atoms with Gasteiger partial charge in [-0.3, -0.25) is 0 Å². The minimum Gasteiger partial charge on any atom is -0.325 e. The maximum absolute atomic E-state index is 4.44. The summed E-state index contributed by atoms with van der Waals surface area (Å²) in [5.74, 6) is 0. The molecule has 1 fully saturated rings. The summed E-state index contributed by atoms with van der Waals surface area (Å²) in [4.78, 5) is 5.88. The molecule has 20 heavy (non-hydrogen) atoms. The fraction of sp³-hybridized carbons (Fsp3) is 0.562. The Bertz CT molecular complexity index is 512. The molecule has 2 aromatic rings. The number of aromatic nitrogens is 2. The SMILES string of the molecule is CCCC(c1cccs1)n1cncc1C1CCCCN1. The Hall–Kier alpha value is -1.13. The molecule has 0 aliphatic carbocycles. The van der Waals surface area contributed by atoms with Crippen molar-refractivity contribution in [3.05, 3.63) is 40.6 Å². The lowest BCUT2D eigenvalue weighted by Gasteiger charge is -2.27. The van der Waals surface area contributed by atoms with Gasteiger partial charge in [0.05, 0.1) is 18.1 Å². The Kier molecular flexibility index (Phi) is 4.53. The van der Waals surface area contributed by atoms with Crippen molar-refractivity contribution in [1.29, 1.82) is 0 Å². The molecule has 3 rings (SSSR count). The summed E-state index contributed by atoms with van der Waals surface area (Å²) in [7, 11) is 0. The summed E-state index contributed by atoms with van der Waals surface area (Å²) in [6, 6.07) is 5.33. The molecular weight excluding hydrogens is 266 g/mol. The van der Waals surface area contributed by atoms with Gasteiger partial charge in [-0.15, -0.1) is 11.3 Å². The van der Waals surface area contributed by atoms with Gasteiger partial charge in [-0.05, 0) is 37.3 Å². The zero-order chi connectivity index (χ0) is 13.8. The highest BCUT2D eigenvalue weighted by molar-refractivity contribution is 7.10. The Morgan fingerprint density at radius 1 is 1.50 bits per heavy atom. The molecule has 108 valence electrons.